The first-order chi connectivity index (χ1) is 10.5. The maximum Gasteiger partial charge on any atom is 0.238 e. The number of amides is 2. The number of hydrogen-bond acceptors (Lipinski definition) is 3. The summed E-state index contributed by atoms with van der Waals surface area (Å²) in [5.74, 6) is 0.230. The number of benzene rings is 1. The Balaban J connectivity index is 1.83. The molecule has 1 aliphatic carbocycles. The fourth-order valence-corrected chi connectivity index (χ4v) is 2.35. The Bertz CT molecular complexity index is 538. The molecule has 120 valence electrons. The van der Waals surface area contributed by atoms with Crippen molar-refractivity contribution in [3.05, 3.63) is 29.8 Å². The minimum atomic E-state index is -0.102. The lowest BCUT2D eigenvalue weighted by atomic mass is 10.0. The van der Waals surface area contributed by atoms with Crippen LogP contribution in [0.25, 0.3) is 0 Å². The lowest BCUT2D eigenvalue weighted by Gasteiger charge is -2.18. The number of carbonyl (C=O) groups is 2. The molecule has 22 heavy (non-hydrogen) atoms. The zero-order valence-corrected chi connectivity index (χ0v) is 13.6. The van der Waals surface area contributed by atoms with Gasteiger partial charge in [0.1, 0.15) is 0 Å². The van der Waals surface area contributed by atoms with Gasteiger partial charge in [-0.15, -0.1) is 0 Å². The monoisotopic (exact) mass is 303 g/mol. The largest absolute Gasteiger partial charge is 0.352 e. The summed E-state index contributed by atoms with van der Waals surface area (Å²) < 4.78 is 0. The fraction of sp³-hybridized carbons (Fsp3) is 0.529. The van der Waals surface area contributed by atoms with Crippen LogP contribution in [0.5, 0.6) is 0 Å². The predicted molar refractivity (Wildman–Crippen MR) is 87.8 cm³/mol. The molecule has 0 unspecified atom stereocenters. The Labute approximate surface area is 132 Å². The van der Waals surface area contributed by atoms with Crippen molar-refractivity contribution in [2.24, 2.45) is 0 Å². The third-order valence-corrected chi connectivity index (χ3v) is 3.63. The maximum absolute atomic E-state index is 12.1. The third kappa shape index (κ3) is 5.15. The first-order valence-electron chi connectivity index (χ1n) is 7.82. The van der Waals surface area contributed by atoms with Crippen molar-refractivity contribution in [1.29, 1.82) is 0 Å². The average molecular weight is 303 g/mol. The number of nitrogens with zero attached hydrogens (tertiary/aromatic N) is 1. The average Bonchev–Trinajstić information content (AvgIpc) is 3.22. The molecule has 0 bridgehead atoms. The van der Waals surface area contributed by atoms with Crippen molar-refractivity contribution in [1.82, 2.24) is 10.2 Å². The van der Waals surface area contributed by atoms with Gasteiger partial charge in [0.15, 0.2) is 0 Å². The van der Waals surface area contributed by atoms with E-state index >= 15 is 0 Å². The van der Waals surface area contributed by atoms with Crippen LogP contribution in [0.1, 0.15) is 38.2 Å². The molecule has 0 atom stereocenters. The maximum atomic E-state index is 12.1. The molecule has 2 rings (SSSR count). The van der Waals surface area contributed by atoms with Crippen LogP contribution < -0.4 is 10.6 Å². The molecule has 0 saturated heterocycles. The Hall–Kier alpha value is -1.88. The molecular weight excluding hydrogens is 278 g/mol. The molecule has 0 radical (unpaired) electrons. The van der Waals surface area contributed by atoms with E-state index in [9.17, 15) is 9.59 Å². The zero-order valence-electron chi connectivity index (χ0n) is 13.6. The van der Waals surface area contributed by atoms with Crippen LogP contribution in [0, 0.1) is 0 Å². The second-order valence-electron chi connectivity index (χ2n) is 6.30. The fourth-order valence-electron chi connectivity index (χ4n) is 2.35. The van der Waals surface area contributed by atoms with E-state index in [0.29, 0.717) is 12.0 Å². The van der Waals surface area contributed by atoms with Crippen molar-refractivity contribution >= 4 is 17.5 Å². The molecule has 2 N–H and O–H groups in total. The van der Waals surface area contributed by atoms with Gasteiger partial charge >= 0.3 is 0 Å². The van der Waals surface area contributed by atoms with E-state index in [1.54, 1.807) is 11.9 Å². The lowest BCUT2D eigenvalue weighted by molar-refractivity contribution is -0.123. The molecule has 1 saturated carbocycles. The summed E-state index contributed by atoms with van der Waals surface area (Å²) >= 11 is 0. The van der Waals surface area contributed by atoms with Gasteiger partial charge in [0, 0.05) is 11.7 Å². The normalized spacial score (nSPS) is 14.2. The predicted octanol–water partition coefficient (Wildman–Crippen LogP) is 1.96. The van der Waals surface area contributed by atoms with E-state index in [-0.39, 0.29) is 24.9 Å². The highest BCUT2D eigenvalue weighted by molar-refractivity contribution is 5.93. The standard InChI is InChI=1S/C17H25N3O2/c1-12(2)14-6-4-5-7-15(14)19-17(22)11-20(3)10-16(21)18-13-8-9-13/h4-7,12-13H,8-11H2,1-3H3,(H,18,21)(H,19,22). The molecule has 0 aliphatic heterocycles. The summed E-state index contributed by atoms with van der Waals surface area (Å²) in [5, 5.41) is 5.86. The molecule has 1 fully saturated rings. The smallest absolute Gasteiger partial charge is 0.238 e. The van der Waals surface area contributed by atoms with Gasteiger partial charge in [0.05, 0.1) is 13.1 Å². The Kier molecular flexibility index (Phi) is 5.55. The van der Waals surface area contributed by atoms with Gasteiger partial charge in [-0.25, -0.2) is 0 Å². The van der Waals surface area contributed by atoms with Gasteiger partial charge in [0.2, 0.25) is 11.8 Å². The van der Waals surface area contributed by atoms with Crippen LogP contribution >= 0.6 is 0 Å². The van der Waals surface area contributed by atoms with E-state index in [1.165, 1.54) is 0 Å². The number of para-hydroxylation sites is 1. The lowest BCUT2D eigenvalue weighted by Crippen LogP contribution is -2.39. The number of hydrogen-bond donors (Lipinski definition) is 2. The highest BCUT2D eigenvalue weighted by Crippen LogP contribution is 2.23. The second-order valence-corrected chi connectivity index (χ2v) is 6.30. The summed E-state index contributed by atoms with van der Waals surface area (Å²) in [6.07, 6.45) is 2.14. The van der Waals surface area contributed by atoms with Crippen molar-refractivity contribution in [3.63, 3.8) is 0 Å². The van der Waals surface area contributed by atoms with Crippen molar-refractivity contribution in [2.75, 3.05) is 25.5 Å². The Morgan fingerprint density at radius 1 is 1.18 bits per heavy atom. The van der Waals surface area contributed by atoms with Crippen LogP contribution in [-0.4, -0.2) is 42.9 Å². The number of carbonyl (C=O) groups excluding carboxylic acids is 2. The molecule has 0 spiro atoms. The van der Waals surface area contributed by atoms with Gasteiger partial charge in [-0.3, -0.25) is 14.5 Å². The second kappa shape index (κ2) is 7.40. The molecule has 1 aromatic rings. The van der Waals surface area contributed by atoms with E-state index < -0.39 is 0 Å². The molecule has 5 nitrogen and oxygen atoms in total. The first kappa shape index (κ1) is 16.5. The van der Waals surface area contributed by atoms with Crippen LogP contribution in [-0.2, 0) is 9.59 Å². The van der Waals surface area contributed by atoms with Gasteiger partial charge in [0.25, 0.3) is 0 Å². The minimum Gasteiger partial charge on any atom is -0.352 e. The van der Waals surface area contributed by atoms with Crippen LogP contribution in [0.4, 0.5) is 5.69 Å². The number of anilines is 1. The Morgan fingerprint density at radius 2 is 1.82 bits per heavy atom. The van der Waals surface area contributed by atoms with Crippen LogP contribution in [0.2, 0.25) is 0 Å². The van der Waals surface area contributed by atoms with E-state index in [0.717, 1.165) is 24.1 Å². The zero-order chi connectivity index (χ0) is 16.1. The van der Waals surface area contributed by atoms with E-state index in [2.05, 4.69) is 24.5 Å². The third-order valence-electron chi connectivity index (χ3n) is 3.63. The summed E-state index contributed by atoms with van der Waals surface area (Å²) in [6, 6.07) is 8.17. The summed E-state index contributed by atoms with van der Waals surface area (Å²) in [7, 11) is 1.78. The molecule has 1 aromatic carbocycles. The number of nitrogens with one attached hydrogen (secondary N) is 2. The minimum absolute atomic E-state index is 0.0135. The highest BCUT2D eigenvalue weighted by Gasteiger charge is 2.23. The molecule has 0 aromatic heterocycles. The topological polar surface area (TPSA) is 61.4 Å². The summed E-state index contributed by atoms with van der Waals surface area (Å²) in [5.41, 5.74) is 1.96. The molecular formula is C17H25N3O2. The molecule has 2 amide bonds. The SMILES string of the molecule is CC(C)c1ccccc1NC(=O)CN(C)CC(=O)NC1CC1. The van der Waals surface area contributed by atoms with Gasteiger partial charge < -0.3 is 10.6 Å². The van der Waals surface area contributed by atoms with Gasteiger partial charge in [-0.05, 0) is 37.4 Å². The van der Waals surface area contributed by atoms with Crippen molar-refractivity contribution in [3.8, 4) is 0 Å². The Morgan fingerprint density at radius 3 is 2.45 bits per heavy atom. The number of likely N-dealkylation sites (N-methyl/N-ethyl adjacent to an activating group) is 1. The number of rotatable bonds is 7. The quantitative estimate of drug-likeness (QED) is 0.809. The van der Waals surface area contributed by atoms with Crippen molar-refractivity contribution in [2.45, 2.75) is 38.6 Å². The van der Waals surface area contributed by atoms with E-state index in [1.807, 2.05) is 24.3 Å². The van der Waals surface area contributed by atoms with Crippen LogP contribution in [0.3, 0.4) is 0 Å². The van der Waals surface area contributed by atoms with Crippen molar-refractivity contribution < 1.29 is 9.59 Å². The highest BCUT2D eigenvalue weighted by atomic mass is 16.2. The molecule has 1 aliphatic rings. The summed E-state index contributed by atoms with van der Waals surface area (Å²) in [4.78, 5) is 25.6. The van der Waals surface area contributed by atoms with Crippen LogP contribution in [0.15, 0.2) is 24.3 Å². The summed E-state index contributed by atoms with van der Waals surface area (Å²) in [6.45, 7) is 4.64. The molecule has 5 heteroatoms. The molecule has 0 heterocycles. The van der Waals surface area contributed by atoms with Gasteiger partial charge in [-0.2, -0.15) is 0 Å². The van der Waals surface area contributed by atoms with E-state index in [4.69, 9.17) is 0 Å². The van der Waals surface area contributed by atoms with Gasteiger partial charge in [-0.1, -0.05) is 32.0 Å². The first-order valence-corrected chi connectivity index (χ1v) is 7.82.